The third-order valence-corrected chi connectivity index (χ3v) is 1.97. The molecule has 1 aromatic carbocycles. The van der Waals surface area contributed by atoms with E-state index in [0.717, 1.165) is 11.5 Å². The van der Waals surface area contributed by atoms with Crippen molar-refractivity contribution < 1.29 is 13.9 Å². The average molecular weight is 189 g/mol. The molecule has 0 saturated carbocycles. The van der Waals surface area contributed by atoms with Gasteiger partial charge in [-0.25, -0.2) is 4.98 Å². The molecule has 2 heterocycles. The molecule has 0 spiro atoms. The highest BCUT2D eigenvalue weighted by atomic mass is 16.7. The highest BCUT2D eigenvalue weighted by Gasteiger charge is 2.28. The first-order valence-corrected chi connectivity index (χ1v) is 4.25. The van der Waals surface area contributed by atoms with Crippen molar-refractivity contribution >= 4 is 0 Å². The third-order valence-electron chi connectivity index (χ3n) is 1.97. The summed E-state index contributed by atoms with van der Waals surface area (Å²) in [6, 6.07) is 7.47. The Balaban J connectivity index is 1.92. The first kappa shape index (κ1) is 7.44. The molecule has 70 valence electrons. The Hall–Kier alpha value is -1.97. The van der Waals surface area contributed by atoms with E-state index in [2.05, 4.69) is 4.98 Å². The van der Waals surface area contributed by atoms with Crippen LogP contribution in [0, 0.1) is 0 Å². The number of benzene rings is 1. The predicted octanol–water partition coefficient (Wildman–Crippen LogP) is 2.14. The number of oxazole rings is 1. The molecule has 0 bridgehead atoms. The summed E-state index contributed by atoms with van der Waals surface area (Å²) in [5, 5.41) is 0. The van der Waals surface area contributed by atoms with Crippen molar-refractivity contribution in [3.8, 4) is 11.5 Å². The standard InChI is InChI=1S/C10H7NO3/c1-2-4-8-7(3-1)13-10(14-8)9-11-5-6-12-9/h1-6,10H. The zero-order valence-corrected chi connectivity index (χ0v) is 7.21. The van der Waals surface area contributed by atoms with E-state index in [1.807, 2.05) is 24.3 Å². The second-order valence-corrected chi connectivity index (χ2v) is 2.88. The maximum atomic E-state index is 5.47. The topological polar surface area (TPSA) is 44.5 Å². The van der Waals surface area contributed by atoms with Gasteiger partial charge in [-0.3, -0.25) is 0 Å². The molecule has 0 aliphatic carbocycles. The molecule has 1 aliphatic heterocycles. The molecule has 0 unspecified atom stereocenters. The van der Waals surface area contributed by atoms with Crippen LogP contribution in [0.5, 0.6) is 11.5 Å². The number of para-hydroxylation sites is 2. The minimum Gasteiger partial charge on any atom is -0.443 e. The smallest absolute Gasteiger partial charge is 0.319 e. The number of ether oxygens (including phenoxy) is 2. The molecule has 4 heteroatoms. The Morgan fingerprint density at radius 2 is 1.79 bits per heavy atom. The van der Waals surface area contributed by atoms with Crippen molar-refractivity contribution in [1.82, 2.24) is 4.98 Å². The van der Waals surface area contributed by atoms with Crippen molar-refractivity contribution in [2.45, 2.75) is 6.29 Å². The monoisotopic (exact) mass is 189 g/mol. The summed E-state index contributed by atoms with van der Waals surface area (Å²) in [6.45, 7) is 0. The predicted molar refractivity (Wildman–Crippen MR) is 46.9 cm³/mol. The van der Waals surface area contributed by atoms with Crippen molar-refractivity contribution in [3.05, 3.63) is 42.6 Å². The van der Waals surface area contributed by atoms with Gasteiger partial charge in [0.2, 0.25) is 0 Å². The summed E-state index contributed by atoms with van der Waals surface area (Å²) >= 11 is 0. The normalized spacial score (nSPS) is 14.6. The lowest BCUT2D eigenvalue weighted by Gasteiger charge is -2.04. The zero-order chi connectivity index (χ0) is 9.38. The van der Waals surface area contributed by atoms with Crippen molar-refractivity contribution in [2.24, 2.45) is 0 Å². The van der Waals surface area contributed by atoms with Crippen molar-refractivity contribution in [1.29, 1.82) is 0 Å². The van der Waals surface area contributed by atoms with Crippen LogP contribution in [0.4, 0.5) is 0 Å². The van der Waals surface area contributed by atoms with Gasteiger partial charge in [0.15, 0.2) is 11.5 Å². The van der Waals surface area contributed by atoms with E-state index in [-0.39, 0.29) is 0 Å². The van der Waals surface area contributed by atoms with Crippen LogP contribution in [0.15, 0.2) is 41.1 Å². The molecule has 14 heavy (non-hydrogen) atoms. The second kappa shape index (κ2) is 2.77. The van der Waals surface area contributed by atoms with Crippen LogP contribution >= 0.6 is 0 Å². The molecular formula is C10H7NO3. The Morgan fingerprint density at radius 1 is 1.07 bits per heavy atom. The SMILES string of the molecule is c1ccc2c(c1)OC(c1ncco1)O2. The number of nitrogens with zero attached hydrogens (tertiary/aromatic N) is 1. The van der Waals surface area contributed by atoms with E-state index in [1.54, 1.807) is 6.20 Å². The van der Waals surface area contributed by atoms with Crippen LogP contribution in [-0.4, -0.2) is 4.98 Å². The second-order valence-electron chi connectivity index (χ2n) is 2.88. The molecule has 0 atom stereocenters. The van der Waals surface area contributed by atoms with Crippen LogP contribution in [0.25, 0.3) is 0 Å². The summed E-state index contributed by atoms with van der Waals surface area (Å²) in [6.07, 6.45) is 2.50. The van der Waals surface area contributed by atoms with Crippen LogP contribution in [-0.2, 0) is 0 Å². The van der Waals surface area contributed by atoms with E-state index >= 15 is 0 Å². The molecule has 1 aliphatic rings. The molecule has 0 saturated heterocycles. The molecule has 0 radical (unpaired) electrons. The molecule has 4 nitrogen and oxygen atoms in total. The molecule has 0 amide bonds. The quantitative estimate of drug-likeness (QED) is 0.689. The first-order valence-electron chi connectivity index (χ1n) is 4.25. The fourth-order valence-electron chi connectivity index (χ4n) is 1.35. The number of hydrogen-bond donors (Lipinski definition) is 0. The number of aromatic nitrogens is 1. The number of fused-ring (bicyclic) bond motifs is 1. The fourth-order valence-corrected chi connectivity index (χ4v) is 1.35. The highest BCUT2D eigenvalue weighted by Crippen LogP contribution is 2.39. The van der Waals surface area contributed by atoms with Crippen molar-refractivity contribution in [3.63, 3.8) is 0 Å². The summed E-state index contributed by atoms with van der Waals surface area (Å²) in [4.78, 5) is 3.96. The van der Waals surface area contributed by atoms with Gasteiger partial charge in [0.1, 0.15) is 6.26 Å². The van der Waals surface area contributed by atoms with Crippen LogP contribution in [0.1, 0.15) is 12.2 Å². The van der Waals surface area contributed by atoms with E-state index in [9.17, 15) is 0 Å². The maximum Gasteiger partial charge on any atom is 0.319 e. The summed E-state index contributed by atoms with van der Waals surface area (Å²) in [5.74, 6) is 1.87. The van der Waals surface area contributed by atoms with Gasteiger partial charge in [-0.1, -0.05) is 12.1 Å². The van der Waals surface area contributed by atoms with Gasteiger partial charge in [-0.05, 0) is 12.1 Å². The molecule has 0 fully saturated rings. The summed E-state index contributed by atoms with van der Waals surface area (Å²) in [5.41, 5.74) is 0. The van der Waals surface area contributed by atoms with E-state index in [0.29, 0.717) is 5.89 Å². The van der Waals surface area contributed by atoms with E-state index in [1.165, 1.54) is 6.26 Å². The van der Waals surface area contributed by atoms with Gasteiger partial charge in [-0.2, -0.15) is 0 Å². The molecule has 3 rings (SSSR count). The van der Waals surface area contributed by atoms with Crippen LogP contribution in [0.3, 0.4) is 0 Å². The first-order chi connectivity index (χ1) is 6.93. The minimum atomic E-state index is -0.553. The lowest BCUT2D eigenvalue weighted by molar-refractivity contribution is 0.0238. The van der Waals surface area contributed by atoms with Gasteiger partial charge < -0.3 is 13.9 Å². The van der Waals surface area contributed by atoms with Gasteiger partial charge >= 0.3 is 6.29 Å². The van der Waals surface area contributed by atoms with Gasteiger partial charge in [0, 0.05) is 0 Å². The largest absolute Gasteiger partial charge is 0.443 e. The highest BCUT2D eigenvalue weighted by molar-refractivity contribution is 5.42. The third kappa shape index (κ3) is 1.04. The minimum absolute atomic E-state index is 0.432. The Bertz CT molecular complexity index is 413. The average Bonchev–Trinajstić information content (AvgIpc) is 2.86. The summed E-state index contributed by atoms with van der Waals surface area (Å²) in [7, 11) is 0. The molecule has 2 aromatic rings. The number of rotatable bonds is 1. The van der Waals surface area contributed by atoms with Crippen LogP contribution in [0.2, 0.25) is 0 Å². The maximum absolute atomic E-state index is 5.47. The zero-order valence-electron chi connectivity index (χ0n) is 7.21. The van der Waals surface area contributed by atoms with Crippen LogP contribution < -0.4 is 9.47 Å². The lowest BCUT2D eigenvalue weighted by atomic mass is 10.3. The lowest BCUT2D eigenvalue weighted by Crippen LogP contribution is -2.07. The fraction of sp³-hybridized carbons (Fsp3) is 0.100. The number of hydrogen-bond acceptors (Lipinski definition) is 4. The van der Waals surface area contributed by atoms with Gasteiger partial charge in [0.25, 0.3) is 5.89 Å². The Kier molecular flexibility index (Phi) is 1.47. The van der Waals surface area contributed by atoms with Crippen molar-refractivity contribution in [2.75, 3.05) is 0 Å². The van der Waals surface area contributed by atoms with E-state index in [4.69, 9.17) is 13.9 Å². The van der Waals surface area contributed by atoms with E-state index < -0.39 is 6.29 Å². The Labute approximate surface area is 80.1 Å². The molecule has 1 aromatic heterocycles. The molecular weight excluding hydrogens is 182 g/mol. The van der Waals surface area contributed by atoms with Gasteiger partial charge in [-0.15, -0.1) is 0 Å². The molecule has 0 N–H and O–H groups in total. The summed E-state index contributed by atoms with van der Waals surface area (Å²) < 4.78 is 16.0. The Morgan fingerprint density at radius 3 is 2.36 bits per heavy atom. The van der Waals surface area contributed by atoms with Gasteiger partial charge in [0.05, 0.1) is 6.20 Å².